The summed E-state index contributed by atoms with van der Waals surface area (Å²) >= 11 is 0. The van der Waals surface area contributed by atoms with Gasteiger partial charge in [0.1, 0.15) is 5.82 Å². The predicted molar refractivity (Wildman–Crippen MR) is 78.5 cm³/mol. The Morgan fingerprint density at radius 2 is 2.18 bits per heavy atom. The number of halogens is 2. The first-order valence-electron chi connectivity index (χ1n) is 7.33. The molecule has 7 heteroatoms. The zero-order valence-electron chi connectivity index (χ0n) is 12.3. The summed E-state index contributed by atoms with van der Waals surface area (Å²) in [5.41, 5.74) is 0.962. The summed E-state index contributed by atoms with van der Waals surface area (Å²) in [4.78, 5) is 18.1. The highest BCUT2D eigenvalue weighted by molar-refractivity contribution is 5.81. The molecule has 1 aromatic heterocycles. The zero-order valence-corrected chi connectivity index (χ0v) is 12.3. The number of nitrogens with one attached hydrogen (secondary N) is 1. The second-order valence-electron chi connectivity index (χ2n) is 5.46. The highest BCUT2D eigenvalue weighted by atomic mass is 19.3. The van der Waals surface area contributed by atoms with Crippen LogP contribution in [0.3, 0.4) is 0 Å². The third-order valence-electron chi connectivity index (χ3n) is 4.06. The number of hydrogen-bond acceptors (Lipinski definition) is 3. The first-order valence-corrected chi connectivity index (χ1v) is 7.33. The summed E-state index contributed by atoms with van der Waals surface area (Å²) in [6, 6.07) is 6.49. The smallest absolute Gasteiger partial charge is 0.320 e. The maximum atomic E-state index is 13.4. The summed E-state index contributed by atoms with van der Waals surface area (Å²) in [6.07, 6.45) is 0.797. The number of amides is 1. The van der Waals surface area contributed by atoms with E-state index in [1.165, 1.54) is 0 Å². The lowest BCUT2D eigenvalue weighted by Crippen LogP contribution is -2.42. The number of alkyl halides is 2. The van der Waals surface area contributed by atoms with Crippen LogP contribution >= 0.6 is 0 Å². The summed E-state index contributed by atoms with van der Waals surface area (Å²) in [5.74, 6) is 0.218. The quantitative estimate of drug-likeness (QED) is 0.945. The van der Waals surface area contributed by atoms with Gasteiger partial charge in [-0.25, -0.2) is 4.98 Å². The largest absolute Gasteiger partial charge is 0.355 e. The molecule has 22 heavy (non-hydrogen) atoms. The van der Waals surface area contributed by atoms with Gasteiger partial charge in [-0.15, -0.1) is 0 Å². The van der Waals surface area contributed by atoms with E-state index in [-0.39, 0.29) is 24.3 Å². The summed E-state index contributed by atoms with van der Waals surface area (Å²) < 4.78 is 27.8. The standard InChI is InChI=1S/C15H18F2N4O/c1-10-14(22)18-7-4-8-20(10)9-13-19-11-5-2-3-6-12(11)21(13)15(16)17/h2-3,5-6,10,15H,4,7-9H2,1H3,(H,18,22). The van der Waals surface area contributed by atoms with E-state index in [1.807, 2.05) is 4.90 Å². The molecule has 0 radical (unpaired) electrons. The fourth-order valence-electron chi connectivity index (χ4n) is 2.82. The number of benzene rings is 1. The molecular formula is C15H18F2N4O. The van der Waals surface area contributed by atoms with Crippen molar-refractivity contribution in [2.24, 2.45) is 0 Å². The van der Waals surface area contributed by atoms with Crippen LogP contribution in [-0.4, -0.2) is 39.5 Å². The fraction of sp³-hybridized carbons (Fsp3) is 0.467. The van der Waals surface area contributed by atoms with Crippen LogP contribution in [0.15, 0.2) is 24.3 Å². The third-order valence-corrected chi connectivity index (χ3v) is 4.06. The van der Waals surface area contributed by atoms with Gasteiger partial charge in [0.2, 0.25) is 5.91 Å². The van der Waals surface area contributed by atoms with Gasteiger partial charge in [0, 0.05) is 13.1 Å². The lowest BCUT2D eigenvalue weighted by molar-refractivity contribution is -0.125. The molecule has 0 aliphatic carbocycles. The van der Waals surface area contributed by atoms with Gasteiger partial charge < -0.3 is 5.32 Å². The molecule has 1 atom stereocenters. The van der Waals surface area contributed by atoms with Crippen molar-refractivity contribution in [3.63, 3.8) is 0 Å². The number of rotatable bonds is 3. The predicted octanol–water partition coefficient (Wildman–Crippen LogP) is 2.14. The molecule has 3 rings (SSSR count). The van der Waals surface area contributed by atoms with Crippen LogP contribution in [-0.2, 0) is 11.3 Å². The Morgan fingerprint density at radius 3 is 2.95 bits per heavy atom. The van der Waals surface area contributed by atoms with Crippen LogP contribution < -0.4 is 5.32 Å². The van der Waals surface area contributed by atoms with E-state index in [9.17, 15) is 13.6 Å². The topological polar surface area (TPSA) is 50.2 Å². The normalized spacial score (nSPS) is 20.4. The van der Waals surface area contributed by atoms with Crippen molar-refractivity contribution in [3.05, 3.63) is 30.1 Å². The number of nitrogens with zero attached hydrogens (tertiary/aromatic N) is 3. The molecule has 2 heterocycles. The van der Waals surface area contributed by atoms with Gasteiger partial charge in [0.25, 0.3) is 0 Å². The lowest BCUT2D eigenvalue weighted by atomic mass is 10.2. The molecule has 0 saturated carbocycles. The van der Waals surface area contributed by atoms with Crippen LogP contribution in [0.25, 0.3) is 11.0 Å². The Bertz CT molecular complexity index is 685. The van der Waals surface area contributed by atoms with Crippen molar-refractivity contribution in [2.45, 2.75) is 32.5 Å². The van der Waals surface area contributed by atoms with E-state index >= 15 is 0 Å². The van der Waals surface area contributed by atoms with E-state index in [2.05, 4.69) is 10.3 Å². The molecular weight excluding hydrogens is 290 g/mol. The fourth-order valence-corrected chi connectivity index (χ4v) is 2.82. The second kappa shape index (κ2) is 6.00. The Balaban J connectivity index is 1.95. The van der Waals surface area contributed by atoms with Crippen LogP contribution in [0.1, 0.15) is 25.7 Å². The summed E-state index contributed by atoms with van der Waals surface area (Å²) in [7, 11) is 0. The molecule has 2 aromatic rings. The number of imidazole rings is 1. The first kappa shape index (κ1) is 14.9. The van der Waals surface area contributed by atoms with Gasteiger partial charge in [-0.05, 0) is 25.5 Å². The number of hydrogen-bond donors (Lipinski definition) is 1. The SMILES string of the molecule is CC1C(=O)NCCCN1Cc1nc2ccccc2n1C(F)F. The monoisotopic (exact) mass is 308 g/mol. The highest BCUT2D eigenvalue weighted by Gasteiger charge is 2.26. The maximum Gasteiger partial charge on any atom is 0.320 e. The second-order valence-corrected chi connectivity index (χ2v) is 5.46. The molecule has 1 aliphatic heterocycles. The molecule has 1 amide bonds. The van der Waals surface area contributed by atoms with Crippen molar-refractivity contribution in [1.29, 1.82) is 0 Å². The minimum absolute atomic E-state index is 0.0720. The highest BCUT2D eigenvalue weighted by Crippen LogP contribution is 2.24. The van der Waals surface area contributed by atoms with Crippen molar-refractivity contribution in [1.82, 2.24) is 19.8 Å². The molecule has 1 aromatic carbocycles. The van der Waals surface area contributed by atoms with Crippen molar-refractivity contribution in [2.75, 3.05) is 13.1 Å². The molecule has 0 spiro atoms. The van der Waals surface area contributed by atoms with E-state index in [1.54, 1.807) is 31.2 Å². The Kier molecular flexibility index (Phi) is 4.06. The molecule has 1 unspecified atom stereocenters. The van der Waals surface area contributed by atoms with Gasteiger partial charge in [-0.2, -0.15) is 8.78 Å². The summed E-state index contributed by atoms with van der Waals surface area (Å²) in [6.45, 7) is 0.652. The zero-order chi connectivity index (χ0) is 15.7. The van der Waals surface area contributed by atoms with E-state index in [0.717, 1.165) is 11.0 Å². The van der Waals surface area contributed by atoms with E-state index < -0.39 is 6.55 Å². The molecule has 5 nitrogen and oxygen atoms in total. The molecule has 1 N–H and O–H groups in total. The average Bonchev–Trinajstić information content (AvgIpc) is 2.79. The van der Waals surface area contributed by atoms with Crippen LogP contribution in [0.5, 0.6) is 0 Å². The number of carbonyl (C=O) groups excluding carboxylic acids is 1. The van der Waals surface area contributed by atoms with Crippen molar-refractivity contribution in [3.8, 4) is 0 Å². The number of aromatic nitrogens is 2. The molecule has 0 bridgehead atoms. The average molecular weight is 308 g/mol. The van der Waals surface area contributed by atoms with Crippen LogP contribution in [0.4, 0.5) is 8.78 Å². The van der Waals surface area contributed by atoms with Gasteiger partial charge in [0.05, 0.1) is 23.6 Å². The van der Waals surface area contributed by atoms with Gasteiger partial charge in [-0.3, -0.25) is 14.3 Å². The number of fused-ring (bicyclic) bond motifs is 1. The maximum absolute atomic E-state index is 13.4. The van der Waals surface area contributed by atoms with Gasteiger partial charge in [-0.1, -0.05) is 12.1 Å². The summed E-state index contributed by atoms with van der Waals surface area (Å²) in [5, 5.41) is 2.82. The molecule has 118 valence electrons. The molecule has 1 fully saturated rings. The lowest BCUT2D eigenvalue weighted by Gasteiger charge is -2.25. The number of para-hydroxylation sites is 2. The van der Waals surface area contributed by atoms with E-state index in [4.69, 9.17) is 0 Å². The third kappa shape index (κ3) is 2.68. The Labute approximate surface area is 126 Å². The minimum atomic E-state index is -2.65. The Hall–Kier alpha value is -2.02. The van der Waals surface area contributed by atoms with Crippen LogP contribution in [0.2, 0.25) is 0 Å². The van der Waals surface area contributed by atoms with E-state index in [0.29, 0.717) is 24.1 Å². The molecule has 1 saturated heterocycles. The van der Waals surface area contributed by atoms with Gasteiger partial charge in [0.15, 0.2) is 0 Å². The first-order chi connectivity index (χ1) is 10.6. The molecule has 1 aliphatic rings. The Morgan fingerprint density at radius 1 is 1.41 bits per heavy atom. The minimum Gasteiger partial charge on any atom is -0.355 e. The number of carbonyl (C=O) groups is 1. The van der Waals surface area contributed by atoms with Crippen LogP contribution in [0, 0.1) is 0 Å². The van der Waals surface area contributed by atoms with Crippen molar-refractivity contribution >= 4 is 16.9 Å². The van der Waals surface area contributed by atoms with Gasteiger partial charge >= 0.3 is 6.55 Å². The van der Waals surface area contributed by atoms with Crippen molar-refractivity contribution < 1.29 is 13.6 Å².